The van der Waals surface area contributed by atoms with Crippen LogP contribution in [0.15, 0.2) is 50.4 Å². The van der Waals surface area contributed by atoms with Crippen LogP contribution >= 0.6 is 0 Å². The molecule has 3 aromatic rings. The first-order chi connectivity index (χ1) is 15.8. The fraction of sp³-hybridized carbons (Fsp3) is 0.333. The molecule has 1 amide bonds. The Hall–Kier alpha value is -3.17. The summed E-state index contributed by atoms with van der Waals surface area (Å²) in [6.45, 7) is 6.02. The van der Waals surface area contributed by atoms with Gasteiger partial charge in [-0.25, -0.2) is 8.42 Å². The minimum absolute atomic E-state index is 0.0144. The lowest BCUT2D eigenvalue weighted by Crippen LogP contribution is -2.43. The van der Waals surface area contributed by atoms with Gasteiger partial charge < -0.3 is 14.3 Å². The summed E-state index contributed by atoms with van der Waals surface area (Å²) in [7, 11) is -3.91. The lowest BCUT2D eigenvalue weighted by Gasteiger charge is -2.31. The molecule has 0 bridgehead atoms. The molecule has 0 radical (unpaired) electrons. The van der Waals surface area contributed by atoms with Gasteiger partial charge in [0.05, 0.1) is 12.2 Å². The van der Waals surface area contributed by atoms with Crippen molar-refractivity contribution in [2.75, 3.05) is 18.4 Å². The first-order valence-electron chi connectivity index (χ1n) is 10.8. The van der Waals surface area contributed by atoms with E-state index in [4.69, 9.17) is 8.94 Å². The van der Waals surface area contributed by atoms with Crippen LogP contribution in [0.1, 0.15) is 41.2 Å². The number of amides is 1. The molecule has 0 unspecified atom stereocenters. The smallest absolute Gasteiger partial charge is 0.248 e. The minimum Gasteiger partial charge on any atom is -0.465 e. The number of carbonyl (C=O) groups is 1. The van der Waals surface area contributed by atoms with Crippen molar-refractivity contribution in [2.45, 2.75) is 38.5 Å². The largest absolute Gasteiger partial charge is 0.465 e. The molecule has 174 valence electrons. The number of nitrogens with zero attached hydrogens (tertiary/aromatic N) is 2. The summed E-state index contributed by atoms with van der Waals surface area (Å²) in [5.41, 5.74) is 3.21. The Labute approximate surface area is 193 Å². The van der Waals surface area contributed by atoms with Crippen molar-refractivity contribution in [3.8, 4) is 0 Å². The zero-order chi connectivity index (χ0) is 23.6. The molecule has 1 fully saturated rings. The number of piperidine rings is 1. The van der Waals surface area contributed by atoms with Crippen molar-refractivity contribution in [2.24, 2.45) is 5.92 Å². The van der Waals surface area contributed by atoms with E-state index in [9.17, 15) is 13.2 Å². The lowest BCUT2D eigenvalue weighted by molar-refractivity contribution is -0.120. The average Bonchev–Trinajstić information content (AvgIpc) is 3.44. The molecular weight excluding hydrogens is 442 g/mol. The van der Waals surface area contributed by atoms with Gasteiger partial charge in [-0.05, 0) is 81.2 Å². The number of aryl methyl sites for hydroxylation is 3. The van der Waals surface area contributed by atoms with Crippen LogP contribution in [0.3, 0.4) is 0 Å². The highest BCUT2D eigenvalue weighted by molar-refractivity contribution is 7.89. The van der Waals surface area contributed by atoms with Gasteiger partial charge in [0.15, 0.2) is 10.7 Å². The molecule has 2 aromatic heterocycles. The third-order valence-corrected chi connectivity index (χ3v) is 7.93. The predicted molar refractivity (Wildman–Crippen MR) is 125 cm³/mol. The third kappa shape index (κ3) is 4.94. The molecule has 1 saturated heterocycles. The quantitative estimate of drug-likeness (QED) is 0.574. The maximum atomic E-state index is 13.5. The lowest BCUT2D eigenvalue weighted by atomic mass is 9.98. The molecule has 0 spiro atoms. The van der Waals surface area contributed by atoms with Crippen molar-refractivity contribution < 1.29 is 22.2 Å². The summed E-state index contributed by atoms with van der Waals surface area (Å²) in [6, 6.07) is 9.21. The summed E-state index contributed by atoms with van der Waals surface area (Å²) in [4.78, 5) is 12.9. The van der Waals surface area contributed by atoms with Crippen LogP contribution in [0.2, 0.25) is 0 Å². The molecule has 1 aliphatic heterocycles. The molecule has 1 aliphatic rings. The molecular formula is C24H27N3O5S. The van der Waals surface area contributed by atoms with Gasteiger partial charge in [0.1, 0.15) is 11.5 Å². The molecule has 1 atom stereocenters. The van der Waals surface area contributed by atoms with Crippen molar-refractivity contribution in [3.63, 3.8) is 0 Å². The maximum absolute atomic E-state index is 13.5. The van der Waals surface area contributed by atoms with Crippen molar-refractivity contribution >= 4 is 33.8 Å². The highest BCUT2D eigenvalue weighted by atomic mass is 32.2. The predicted octanol–water partition coefficient (Wildman–Crippen LogP) is 4.40. The first-order valence-corrected chi connectivity index (χ1v) is 12.3. The van der Waals surface area contributed by atoms with Crippen molar-refractivity contribution in [1.29, 1.82) is 0 Å². The zero-order valence-electron chi connectivity index (χ0n) is 18.9. The summed E-state index contributed by atoms with van der Waals surface area (Å²) >= 11 is 0. The molecule has 3 heterocycles. The number of benzene rings is 1. The molecule has 9 heteroatoms. The summed E-state index contributed by atoms with van der Waals surface area (Å²) in [6.07, 6.45) is 5.89. The van der Waals surface area contributed by atoms with Gasteiger partial charge in [0, 0.05) is 18.8 Å². The van der Waals surface area contributed by atoms with E-state index < -0.39 is 15.9 Å². The molecule has 8 nitrogen and oxygen atoms in total. The number of aromatic nitrogens is 1. The Morgan fingerprint density at radius 1 is 1.18 bits per heavy atom. The second kappa shape index (κ2) is 9.36. The monoisotopic (exact) mass is 469 g/mol. The third-order valence-electron chi connectivity index (χ3n) is 5.90. The number of sulfonamides is 1. The molecule has 4 rings (SSSR count). The Morgan fingerprint density at radius 2 is 2.00 bits per heavy atom. The topological polar surface area (TPSA) is 106 Å². The summed E-state index contributed by atoms with van der Waals surface area (Å²) < 4.78 is 38.9. The number of hydrogen-bond donors (Lipinski definition) is 1. The van der Waals surface area contributed by atoms with E-state index in [2.05, 4.69) is 10.5 Å². The molecule has 1 N–H and O–H groups in total. The summed E-state index contributed by atoms with van der Waals surface area (Å²) in [5.74, 6) is 0.0644. The number of anilines is 1. The van der Waals surface area contributed by atoms with E-state index in [0.717, 1.165) is 11.1 Å². The van der Waals surface area contributed by atoms with E-state index in [1.165, 1.54) is 16.6 Å². The van der Waals surface area contributed by atoms with E-state index >= 15 is 0 Å². The van der Waals surface area contributed by atoms with Crippen molar-refractivity contribution in [3.05, 3.63) is 64.9 Å². The number of rotatable bonds is 6. The van der Waals surface area contributed by atoms with Gasteiger partial charge in [-0.2, -0.15) is 4.31 Å². The number of hydrogen-bond acceptors (Lipinski definition) is 6. The highest BCUT2D eigenvalue weighted by Crippen LogP contribution is 2.30. The zero-order valence-corrected chi connectivity index (χ0v) is 19.7. The first kappa shape index (κ1) is 23.0. The van der Waals surface area contributed by atoms with Gasteiger partial charge in [0.25, 0.3) is 0 Å². The van der Waals surface area contributed by atoms with E-state index in [0.29, 0.717) is 30.8 Å². The minimum atomic E-state index is -3.91. The standard InChI is InChI=1S/C24H27N3O5S/c1-16-8-9-20(14-17(16)2)25-24(28)19-6-4-12-27(15-19)33(29,30)23-18(3)26-32-22(23)11-10-21-7-5-13-31-21/h5,7-11,13-14,19H,4,6,12,15H2,1-3H3,(H,25,28)/b11-10+/t19-/m0/s1. The average molecular weight is 470 g/mol. The Morgan fingerprint density at radius 3 is 2.73 bits per heavy atom. The normalized spacial score (nSPS) is 17.5. The SMILES string of the molecule is Cc1ccc(NC(=O)[C@H]2CCCN(S(=O)(=O)c3c(C)noc3/C=C/c3ccco3)C2)cc1C. The van der Waals surface area contributed by atoms with Crippen molar-refractivity contribution in [1.82, 2.24) is 9.46 Å². The van der Waals surface area contributed by atoms with Gasteiger partial charge in [-0.3, -0.25) is 4.79 Å². The molecule has 33 heavy (non-hydrogen) atoms. The van der Waals surface area contributed by atoms with Gasteiger partial charge in [0.2, 0.25) is 15.9 Å². The number of furan rings is 1. The van der Waals surface area contributed by atoms with E-state index in [1.807, 2.05) is 32.0 Å². The molecule has 0 saturated carbocycles. The maximum Gasteiger partial charge on any atom is 0.248 e. The summed E-state index contributed by atoms with van der Waals surface area (Å²) in [5, 5.41) is 6.79. The van der Waals surface area contributed by atoms with Crippen LogP contribution in [0, 0.1) is 26.7 Å². The Bertz CT molecular complexity index is 1280. The van der Waals surface area contributed by atoms with E-state index in [1.54, 1.807) is 25.1 Å². The van der Waals surface area contributed by atoms with E-state index in [-0.39, 0.29) is 28.8 Å². The highest BCUT2D eigenvalue weighted by Gasteiger charge is 2.37. The molecule has 0 aliphatic carbocycles. The van der Waals surface area contributed by atoms with Crippen LogP contribution in [0.4, 0.5) is 5.69 Å². The Balaban J connectivity index is 1.52. The fourth-order valence-electron chi connectivity index (χ4n) is 3.91. The van der Waals surface area contributed by atoms with Gasteiger partial charge in [-0.15, -0.1) is 0 Å². The Kier molecular flexibility index (Phi) is 6.53. The van der Waals surface area contributed by atoms with Crippen LogP contribution in [-0.4, -0.2) is 36.9 Å². The van der Waals surface area contributed by atoms with Gasteiger partial charge in [-0.1, -0.05) is 11.2 Å². The van der Waals surface area contributed by atoms with Crippen LogP contribution in [-0.2, 0) is 14.8 Å². The fourth-order valence-corrected chi connectivity index (χ4v) is 5.68. The second-order valence-electron chi connectivity index (χ2n) is 8.30. The number of carbonyl (C=O) groups excluding carboxylic acids is 1. The van der Waals surface area contributed by atoms with Crippen LogP contribution < -0.4 is 5.32 Å². The van der Waals surface area contributed by atoms with Crippen LogP contribution in [0.5, 0.6) is 0 Å². The number of nitrogens with one attached hydrogen (secondary N) is 1. The van der Waals surface area contributed by atoms with Crippen LogP contribution in [0.25, 0.3) is 12.2 Å². The molecule has 1 aromatic carbocycles. The van der Waals surface area contributed by atoms with Gasteiger partial charge >= 0.3 is 0 Å². The second-order valence-corrected chi connectivity index (χ2v) is 10.2.